The Bertz CT molecular complexity index is 726. The summed E-state index contributed by atoms with van der Waals surface area (Å²) in [7, 11) is 1.59. The SMILES string of the molecule is COc1ccc(C(O)CNC(=O)C2(c3cccc(Cl)c3)CC2)cc1. The van der Waals surface area contributed by atoms with Crippen LogP contribution in [0, 0.1) is 0 Å². The second kappa shape index (κ2) is 6.83. The zero-order chi connectivity index (χ0) is 17.2. The molecule has 1 atom stereocenters. The van der Waals surface area contributed by atoms with Crippen LogP contribution >= 0.6 is 11.6 Å². The molecule has 2 aromatic carbocycles. The van der Waals surface area contributed by atoms with Gasteiger partial charge in [-0.15, -0.1) is 0 Å². The Labute approximate surface area is 146 Å². The third-order valence-electron chi connectivity index (χ3n) is 4.52. The van der Waals surface area contributed by atoms with E-state index in [9.17, 15) is 9.90 Å². The van der Waals surface area contributed by atoms with E-state index in [0.29, 0.717) is 5.02 Å². The third-order valence-corrected chi connectivity index (χ3v) is 4.75. The van der Waals surface area contributed by atoms with Crippen LogP contribution in [0.5, 0.6) is 5.75 Å². The second-order valence-corrected chi connectivity index (χ2v) is 6.53. The first-order valence-corrected chi connectivity index (χ1v) is 8.29. The van der Waals surface area contributed by atoms with Gasteiger partial charge in [-0.1, -0.05) is 35.9 Å². The maximum Gasteiger partial charge on any atom is 0.230 e. The maximum atomic E-state index is 12.6. The van der Waals surface area contributed by atoms with Crippen LogP contribution in [0.1, 0.15) is 30.1 Å². The number of ether oxygens (including phenoxy) is 1. The molecule has 0 heterocycles. The van der Waals surface area contributed by atoms with Crippen LogP contribution < -0.4 is 10.1 Å². The Balaban J connectivity index is 1.62. The molecule has 2 N–H and O–H groups in total. The fourth-order valence-corrected chi connectivity index (χ4v) is 3.05. The first-order chi connectivity index (χ1) is 11.5. The number of aliphatic hydroxyl groups excluding tert-OH is 1. The van der Waals surface area contributed by atoms with E-state index in [4.69, 9.17) is 16.3 Å². The van der Waals surface area contributed by atoms with Crippen LogP contribution in [0.3, 0.4) is 0 Å². The Morgan fingerprint density at radius 3 is 2.58 bits per heavy atom. The van der Waals surface area contributed by atoms with Crippen molar-refractivity contribution in [2.24, 2.45) is 0 Å². The molecule has 0 saturated heterocycles. The summed E-state index contributed by atoms with van der Waals surface area (Å²) in [6.45, 7) is 0.174. The average molecular weight is 346 g/mol. The van der Waals surface area contributed by atoms with Crippen LogP contribution in [-0.2, 0) is 10.2 Å². The van der Waals surface area contributed by atoms with E-state index >= 15 is 0 Å². The topological polar surface area (TPSA) is 58.6 Å². The minimum atomic E-state index is -0.755. The maximum absolute atomic E-state index is 12.6. The van der Waals surface area contributed by atoms with E-state index in [2.05, 4.69) is 5.32 Å². The Hall–Kier alpha value is -2.04. The highest BCUT2D eigenvalue weighted by Crippen LogP contribution is 2.48. The fraction of sp³-hybridized carbons (Fsp3) is 0.316. The molecule has 1 saturated carbocycles. The fourth-order valence-electron chi connectivity index (χ4n) is 2.86. The van der Waals surface area contributed by atoms with Crippen molar-refractivity contribution < 1.29 is 14.6 Å². The monoisotopic (exact) mass is 345 g/mol. The van der Waals surface area contributed by atoms with Crippen molar-refractivity contribution >= 4 is 17.5 Å². The van der Waals surface area contributed by atoms with Crippen LogP contribution in [0.4, 0.5) is 0 Å². The van der Waals surface area contributed by atoms with Crippen molar-refractivity contribution in [1.82, 2.24) is 5.32 Å². The molecule has 4 nitrogen and oxygen atoms in total. The molecule has 1 unspecified atom stereocenters. The van der Waals surface area contributed by atoms with Crippen molar-refractivity contribution in [1.29, 1.82) is 0 Å². The van der Waals surface area contributed by atoms with Gasteiger partial charge < -0.3 is 15.2 Å². The lowest BCUT2D eigenvalue weighted by Gasteiger charge is -2.18. The molecule has 2 aromatic rings. The summed E-state index contributed by atoms with van der Waals surface area (Å²) in [5.41, 5.74) is 1.18. The molecule has 3 rings (SSSR count). The van der Waals surface area contributed by atoms with E-state index < -0.39 is 11.5 Å². The molecular formula is C19H20ClNO3. The van der Waals surface area contributed by atoms with Crippen molar-refractivity contribution in [3.63, 3.8) is 0 Å². The van der Waals surface area contributed by atoms with Gasteiger partial charge in [0.1, 0.15) is 5.75 Å². The van der Waals surface area contributed by atoms with Crippen molar-refractivity contribution in [2.45, 2.75) is 24.4 Å². The summed E-state index contributed by atoms with van der Waals surface area (Å²) in [6.07, 6.45) is 0.852. The van der Waals surface area contributed by atoms with Crippen LogP contribution in [-0.4, -0.2) is 24.7 Å². The lowest BCUT2D eigenvalue weighted by molar-refractivity contribution is -0.124. The zero-order valence-corrected chi connectivity index (χ0v) is 14.2. The standard InChI is InChI=1S/C19H20ClNO3/c1-24-16-7-5-13(6-8-16)17(22)12-21-18(23)19(9-10-19)14-3-2-4-15(20)11-14/h2-8,11,17,22H,9-10,12H2,1H3,(H,21,23). The van der Waals surface area contributed by atoms with Gasteiger partial charge >= 0.3 is 0 Å². The van der Waals surface area contributed by atoms with Crippen LogP contribution in [0.25, 0.3) is 0 Å². The number of hydrogen-bond acceptors (Lipinski definition) is 3. The predicted molar refractivity (Wildman–Crippen MR) is 93.3 cm³/mol. The Morgan fingerprint density at radius 2 is 2.00 bits per heavy atom. The largest absolute Gasteiger partial charge is 0.497 e. The zero-order valence-electron chi connectivity index (χ0n) is 13.5. The van der Waals surface area contributed by atoms with Gasteiger partial charge in [0.25, 0.3) is 0 Å². The van der Waals surface area contributed by atoms with E-state index in [0.717, 1.165) is 29.7 Å². The normalized spacial score (nSPS) is 16.3. The van der Waals surface area contributed by atoms with Crippen molar-refractivity contribution in [3.05, 3.63) is 64.7 Å². The number of rotatable bonds is 6. The minimum absolute atomic E-state index is 0.0580. The number of nitrogens with one attached hydrogen (secondary N) is 1. The number of benzene rings is 2. The van der Waals surface area contributed by atoms with Gasteiger partial charge in [0, 0.05) is 11.6 Å². The quantitative estimate of drug-likeness (QED) is 0.845. The third kappa shape index (κ3) is 3.40. The van der Waals surface area contributed by atoms with Gasteiger partial charge in [0.15, 0.2) is 0 Å². The van der Waals surface area contributed by atoms with E-state index in [1.807, 2.05) is 18.2 Å². The van der Waals surface area contributed by atoms with Gasteiger partial charge in [0.05, 0.1) is 18.6 Å². The second-order valence-electron chi connectivity index (χ2n) is 6.09. The number of aliphatic hydroxyl groups is 1. The molecule has 1 aliphatic carbocycles. The van der Waals surface area contributed by atoms with Gasteiger partial charge in [-0.2, -0.15) is 0 Å². The van der Waals surface area contributed by atoms with Gasteiger partial charge in [0.2, 0.25) is 5.91 Å². The highest BCUT2D eigenvalue weighted by molar-refractivity contribution is 6.30. The summed E-state index contributed by atoms with van der Waals surface area (Å²) in [5, 5.41) is 13.8. The molecule has 0 aromatic heterocycles. The summed E-state index contributed by atoms with van der Waals surface area (Å²) >= 11 is 6.03. The molecule has 0 radical (unpaired) electrons. The predicted octanol–water partition coefficient (Wildman–Crippen LogP) is 3.23. The van der Waals surface area contributed by atoms with Gasteiger partial charge in [-0.05, 0) is 48.2 Å². The number of hydrogen-bond donors (Lipinski definition) is 2. The number of methoxy groups -OCH3 is 1. The smallest absolute Gasteiger partial charge is 0.230 e. The molecule has 126 valence electrons. The average Bonchev–Trinajstić information content (AvgIpc) is 3.41. The van der Waals surface area contributed by atoms with Crippen LogP contribution in [0.15, 0.2) is 48.5 Å². The lowest BCUT2D eigenvalue weighted by Crippen LogP contribution is -2.37. The lowest BCUT2D eigenvalue weighted by atomic mass is 9.95. The van der Waals surface area contributed by atoms with E-state index in [1.165, 1.54) is 0 Å². The highest BCUT2D eigenvalue weighted by atomic mass is 35.5. The van der Waals surface area contributed by atoms with Crippen LogP contribution in [0.2, 0.25) is 5.02 Å². The van der Waals surface area contributed by atoms with E-state index in [1.54, 1.807) is 37.4 Å². The molecule has 5 heteroatoms. The minimum Gasteiger partial charge on any atom is -0.497 e. The summed E-state index contributed by atoms with van der Waals surface area (Å²) < 4.78 is 5.10. The van der Waals surface area contributed by atoms with Gasteiger partial charge in [-0.25, -0.2) is 0 Å². The highest BCUT2D eigenvalue weighted by Gasteiger charge is 2.51. The molecular weight excluding hydrogens is 326 g/mol. The Kier molecular flexibility index (Phi) is 4.78. The molecule has 1 aliphatic rings. The summed E-state index contributed by atoms with van der Waals surface area (Å²) in [4.78, 5) is 12.6. The molecule has 0 bridgehead atoms. The molecule has 1 fully saturated rings. The first kappa shape index (κ1) is 16.8. The summed E-state index contributed by atoms with van der Waals surface area (Å²) in [6, 6.07) is 14.6. The van der Waals surface area contributed by atoms with Gasteiger partial charge in [-0.3, -0.25) is 4.79 Å². The van der Waals surface area contributed by atoms with E-state index in [-0.39, 0.29) is 12.5 Å². The Morgan fingerprint density at radius 1 is 1.29 bits per heavy atom. The molecule has 0 spiro atoms. The van der Waals surface area contributed by atoms with Crippen molar-refractivity contribution in [3.8, 4) is 5.75 Å². The molecule has 0 aliphatic heterocycles. The molecule has 1 amide bonds. The molecule has 24 heavy (non-hydrogen) atoms. The number of carbonyl (C=O) groups excluding carboxylic acids is 1. The van der Waals surface area contributed by atoms with Crippen molar-refractivity contribution in [2.75, 3.05) is 13.7 Å². The number of amides is 1. The number of halogens is 1. The first-order valence-electron chi connectivity index (χ1n) is 7.91. The number of carbonyl (C=O) groups is 1. The summed E-state index contributed by atoms with van der Waals surface area (Å²) in [5.74, 6) is 0.671.